The Morgan fingerprint density at radius 3 is 2.69 bits per heavy atom. The number of phenolic OH excluding ortho intramolecular Hbond substituents is 1. The molecule has 0 radical (unpaired) electrons. The van der Waals surface area contributed by atoms with E-state index in [-0.39, 0.29) is 12.2 Å². The van der Waals surface area contributed by atoms with E-state index in [0.717, 1.165) is 5.56 Å². The van der Waals surface area contributed by atoms with Crippen LogP contribution in [0.5, 0.6) is 11.5 Å². The lowest BCUT2D eigenvalue weighted by atomic mass is 10.2. The SMILES string of the molecule is CCOc1cc(/C=N/NC(=O)CC(=O)Nc2ccccc2C)ccc1O. The van der Waals surface area contributed by atoms with Crippen LogP contribution in [0.25, 0.3) is 0 Å². The van der Waals surface area contributed by atoms with Gasteiger partial charge in [-0.3, -0.25) is 9.59 Å². The first-order valence-corrected chi connectivity index (χ1v) is 8.12. The van der Waals surface area contributed by atoms with E-state index in [1.165, 1.54) is 12.3 Å². The Bertz CT molecular complexity index is 818. The molecule has 26 heavy (non-hydrogen) atoms. The van der Waals surface area contributed by atoms with Crippen molar-refractivity contribution in [3.8, 4) is 11.5 Å². The molecule has 136 valence electrons. The topological polar surface area (TPSA) is 100 Å². The molecular formula is C19H21N3O4. The lowest BCUT2D eigenvalue weighted by molar-refractivity contribution is -0.126. The summed E-state index contributed by atoms with van der Waals surface area (Å²) in [6.45, 7) is 4.09. The minimum atomic E-state index is -0.531. The lowest BCUT2D eigenvalue weighted by Crippen LogP contribution is -2.24. The molecule has 0 aromatic heterocycles. The van der Waals surface area contributed by atoms with Gasteiger partial charge >= 0.3 is 0 Å². The van der Waals surface area contributed by atoms with Crippen molar-refractivity contribution in [1.82, 2.24) is 5.43 Å². The Morgan fingerprint density at radius 2 is 1.96 bits per heavy atom. The van der Waals surface area contributed by atoms with Gasteiger partial charge in [0.25, 0.3) is 0 Å². The summed E-state index contributed by atoms with van der Waals surface area (Å²) in [4.78, 5) is 23.7. The molecule has 0 heterocycles. The largest absolute Gasteiger partial charge is 0.504 e. The molecule has 2 rings (SSSR count). The van der Waals surface area contributed by atoms with Gasteiger partial charge < -0.3 is 15.2 Å². The number of ether oxygens (including phenoxy) is 1. The van der Waals surface area contributed by atoms with Crippen LogP contribution >= 0.6 is 0 Å². The van der Waals surface area contributed by atoms with Gasteiger partial charge in [-0.15, -0.1) is 0 Å². The first-order valence-electron chi connectivity index (χ1n) is 8.12. The van der Waals surface area contributed by atoms with Crippen LogP contribution in [-0.4, -0.2) is 29.7 Å². The van der Waals surface area contributed by atoms with Crippen LogP contribution in [0.3, 0.4) is 0 Å². The van der Waals surface area contributed by atoms with Gasteiger partial charge in [0.15, 0.2) is 11.5 Å². The normalized spacial score (nSPS) is 10.5. The van der Waals surface area contributed by atoms with E-state index >= 15 is 0 Å². The molecule has 0 aliphatic rings. The molecule has 2 amide bonds. The molecule has 0 aliphatic carbocycles. The third-order valence-electron chi connectivity index (χ3n) is 3.43. The summed E-state index contributed by atoms with van der Waals surface area (Å²) in [5.74, 6) is -0.590. The van der Waals surface area contributed by atoms with Gasteiger partial charge in [0, 0.05) is 5.69 Å². The van der Waals surface area contributed by atoms with Crippen molar-refractivity contribution in [1.29, 1.82) is 0 Å². The van der Waals surface area contributed by atoms with E-state index < -0.39 is 11.8 Å². The summed E-state index contributed by atoms with van der Waals surface area (Å²) < 4.78 is 5.27. The van der Waals surface area contributed by atoms with Crippen LogP contribution in [0.2, 0.25) is 0 Å². The van der Waals surface area contributed by atoms with Gasteiger partial charge in [-0.05, 0) is 49.2 Å². The smallest absolute Gasteiger partial charge is 0.249 e. The third kappa shape index (κ3) is 5.62. The Balaban J connectivity index is 1.86. The number of aryl methyl sites for hydroxylation is 1. The Morgan fingerprint density at radius 1 is 1.19 bits per heavy atom. The van der Waals surface area contributed by atoms with Gasteiger partial charge in [-0.25, -0.2) is 5.43 Å². The Labute approximate surface area is 151 Å². The fourth-order valence-electron chi connectivity index (χ4n) is 2.15. The molecular weight excluding hydrogens is 334 g/mol. The summed E-state index contributed by atoms with van der Waals surface area (Å²) in [6, 6.07) is 12.0. The average Bonchev–Trinajstić information content (AvgIpc) is 2.60. The van der Waals surface area contributed by atoms with Crippen molar-refractivity contribution < 1.29 is 19.4 Å². The standard InChI is InChI=1S/C19H21N3O4/c1-3-26-17-10-14(8-9-16(17)23)12-20-22-19(25)11-18(24)21-15-7-5-4-6-13(15)2/h4-10,12,23H,3,11H2,1-2H3,(H,21,24)(H,22,25)/b20-12+. The number of anilines is 1. The number of aromatic hydroxyl groups is 1. The van der Waals surface area contributed by atoms with Crippen molar-refractivity contribution in [3.63, 3.8) is 0 Å². The van der Waals surface area contributed by atoms with Crippen LogP contribution in [0, 0.1) is 6.92 Å². The number of para-hydroxylation sites is 1. The average molecular weight is 355 g/mol. The predicted octanol–water partition coefficient (Wildman–Crippen LogP) is 2.58. The van der Waals surface area contributed by atoms with Crippen molar-refractivity contribution >= 4 is 23.7 Å². The molecule has 7 nitrogen and oxygen atoms in total. The zero-order valence-electron chi connectivity index (χ0n) is 14.7. The molecule has 0 atom stereocenters. The van der Waals surface area contributed by atoms with Crippen LogP contribution < -0.4 is 15.5 Å². The number of hydrazone groups is 1. The number of carbonyl (C=O) groups excluding carboxylic acids is 2. The maximum atomic E-state index is 11.9. The van der Waals surface area contributed by atoms with Crippen molar-refractivity contribution in [2.75, 3.05) is 11.9 Å². The molecule has 2 aromatic carbocycles. The van der Waals surface area contributed by atoms with E-state index in [9.17, 15) is 14.7 Å². The lowest BCUT2D eigenvalue weighted by Gasteiger charge is -2.07. The first-order chi connectivity index (χ1) is 12.5. The molecule has 0 bridgehead atoms. The maximum absolute atomic E-state index is 11.9. The molecule has 0 saturated carbocycles. The Kier molecular flexibility index (Phi) is 6.73. The van der Waals surface area contributed by atoms with Crippen LogP contribution in [0.4, 0.5) is 5.69 Å². The molecule has 2 aromatic rings. The molecule has 0 aliphatic heterocycles. The molecule has 7 heteroatoms. The number of nitrogens with one attached hydrogen (secondary N) is 2. The van der Waals surface area contributed by atoms with E-state index in [0.29, 0.717) is 23.6 Å². The van der Waals surface area contributed by atoms with Crippen LogP contribution in [0.1, 0.15) is 24.5 Å². The van der Waals surface area contributed by atoms with Gasteiger partial charge in [0.1, 0.15) is 6.42 Å². The number of benzene rings is 2. The number of rotatable bonds is 7. The molecule has 0 saturated heterocycles. The van der Waals surface area contributed by atoms with Crippen molar-refractivity contribution in [3.05, 3.63) is 53.6 Å². The minimum Gasteiger partial charge on any atom is -0.504 e. The summed E-state index contributed by atoms with van der Waals surface area (Å²) in [5, 5.41) is 16.1. The van der Waals surface area contributed by atoms with E-state index in [2.05, 4.69) is 15.8 Å². The number of hydrogen-bond acceptors (Lipinski definition) is 5. The van der Waals surface area contributed by atoms with Crippen LogP contribution in [0.15, 0.2) is 47.6 Å². The molecule has 0 spiro atoms. The highest BCUT2D eigenvalue weighted by Crippen LogP contribution is 2.26. The third-order valence-corrected chi connectivity index (χ3v) is 3.43. The monoisotopic (exact) mass is 355 g/mol. The highest BCUT2D eigenvalue weighted by molar-refractivity contribution is 6.04. The zero-order valence-corrected chi connectivity index (χ0v) is 14.7. The summed E-state index contributed by atoms with van der Waals surface area (Å²) in [6.07, 6.45) is 1.06. The van der Waals surface area contributed by atoms with Gasteiger partial charge in [-0.2, -0.15) is 5.10 Å². The van der Waals surface area contributed by atoms with Gasteiger partial charge in [0.2, 0.25) is 11.8 Å². The van der Waals surface area contributed by atoms with E-state index in [1.54, 1.807) is 24.3 Å². The number of nitrogens with zero attached hydrogens (tertiary/aromatic N) is 1. The Hall–Kier alpha value is -3.35. The first kappa shape index (κ1) is 19.0. The molecule has 3 N–H and O–H groups in total. The number of amides is 2. The van der Waals surface area contributed by atoms with Crippen molar-refractivity contribution in [2.45, 2.75) is 20.3 Å². The number of hydrogen-bond donors (Lipinski definition) is 3. The van der Waals surface area contributed by atoms with Crippen LogP contribution in [-0.2, 0) is 9.59 Å². The minimum absolute atomic E-state index is 0.0286. The highest BCUT2D eigenvalue weighted by Gasteiger charge is 2.10. The van der Waals surface area contributed by atoms with E-state index in [4.69, 9.17) is 4.74 Å². The fraction of sp³-hybridized carbons (Fsp3) is 0.211. The van der Waals surface area contributed by atoms with E-state index in [1.807, 2.05) is 26.0 Å². The fourth-order valence-corrected chi connectivity index (χ4v) is 2.15. The zero-order chi connectivity index (χ0) is 18.9. The van der Waals surface area contributed by atoms with Gasteiger partial charge in [0.05, 0.1) is 12.8 Å². The highest BCUT2D eigenvalue weighted by atomic mass is 16.5. The summed E-state index contributed by atoms with van der Waals surface area (Å²) in [5.41, 5.74) is 4.51. The maximum Gasteiger partial charge on any atom is 0.249 e. The summed E-state index contributed by atoms with van der Waals surface area (Å²) >= 11 is 0. The second-order valence-corrected chi connectivity index (χ2v) is 5.49. The second-order valence-electron chi connectivity index (χ2n) is 5.49. The summed E-state index contributed by atoms with van der Waals surface area (Å²) in [7, 11) is 0. The van der Waals surface area contributed by atoms with Crippen molar-refractivity contribution in [2.24, 2.45) is 5.10 Å². The van der Waals surface area contributed by atoms with Gasteiger partial charge in [-0.1, -0.05) is 18.2 Å². The quantitative estimate of drug-likeness (QED) is 0.404. The predicted molar refractivity (Wildman–Crippen MR) is 99.4 cm³/mol. The molecule has 0 unspecified atom stereocenters. The second kappa shape index (κ2) is 9.22. The number of phenols is 1. The molecule has 0 fully saturated rings. The number of carbonyl (C=O) groups is 2.